The molecule has 1 saturated heterocycles. The summed E-state index contributed by atoms with van der Waals surface area (Å²) in [5.41, 5.74) is 0.277. The highest BCUT2D eigenvalue weighted by molar-refractivity contribution is 9.10. The second kappa shape index (κ2) is 8.04. The summed E-state index contributed by atoms with van der Waals surface area (Å²) in [7, 11) is -3.92. The Kier molecular flexibility index (Phi) is 6.07. The van der Waals surface area contributed by atoms with Crippen LogP contribution < -0.4 is 4.74 Å². The number of alkyl halides is 2. The molecule has 1 fully saturated rings. The summed E-state index contributed by atoms with van der Waals surface area (Å²) in [6.45, 7) is -1.36. The molecular formula is C19H18BrF3O4S. The van der Waals surface area contributed by atoms with E-state index >= 15 is 0 Å². The first kappa shape index (κ1) is 21.1. The zero-order valence-corrected chi connectivity index (χ0v) is 17.3. The predicted octanol–water partition coefficient (Wildman–Crippen LogP) is 5.27. The van der Waals surface area contributed by atoms with E-state index in [1.807, 2.05) is 0 Å². The molecule has 0 bridgehead atoms. The minimum atomic E-state index is -3.92. The zero-order chi connectivity index (χ0) is 20.5. The molecule has 28 heavy (non-hydrogen) atoms. The van der Waals surface area contributed by atoms with Crippen molar-refractivity contribution in [3.63, 3.8) is 0 Å². The van der Waals surface area contributed by atoms with Gasteiger partial charge < -0.3 is 9.47 Å². The monoisotopic (exact) mass is 478 g/mol. The van der Waals surface area contributed by atoms with Crippen molar-refractivity contribution < 1.29 is 31.1 Å². The van der Waals surface area contributed by atoms with Gasteiger partial charge >= 0.3 is 6.61 Å². The average molecular weight is 479 g/mol. The minimum absolute atomic E-state index is 0.0355. The van der Waals surface area contributed by atoms with E-state index in [2.05, 4.69) is 20.7 Å². The van der Waals surface area contributed by atoms with Gasteiger partial charge in [0.05, 0.1) is 15.7 Å². The Morgan fingerprint density at radius 1 is 1.25 bits per heavy atom. The molecule has 1 aliphatic heterocycles. The van der Waals surface area contributed by atoms with Crippen LogP contribution in [0.5, 0.6) is 5.75 Å². The van der Waals surface area contributed by atoms with E-state index in [1.165, 1.54) is 24.3 Å². The van der Waals surface area contributed by atoms with Gasteiger partial charge in [0.25, 0.3) is 0 Å². The number of hydrogen-bond donors (Lipinski definition) is 0. The lowest BCUT2D eigenvalue weighted by Crippen LogP contribution is -2.42. The van der Waals surface area contributed by atoms with E-state index in [1.54, 1.807) is 19.1 Å². The van der Waals surface area contributed by atoms with Crippen LogP contribution >= 0.6 is 15.9 Å². The highest BCUT2D eigenvalue weighted by Gasteiger charge is 2.45. The van der Waals surface area contributed by atoms with Crippen LogP contribution in [0.3, 0.4) is 0 Å². The normalized spacial score (nSPS) is 23.0. The standard InChI is InChI=1S/C19H18BrF3O4S/c1-19(28(24,25)14-4-2-3-13(10-14)27-18(22)23)7-8-26-17(11-19)15-6-5-12(20)9-16(15)21/h2-6,9-10,17-18H,7-8,11H2,1H3. The van der Waals surface area contributed by atoms with Gasteiger partial charge in [0.2, 0.25) is 0 Å². The number of benzene rings is 2. The second-order valence-electron chi connectivity index (χ2n) is 6.79. The van der Waals surface area contributed by atoms with Gasteiger partial charge in [-0.3, -0.25) is 0 Å². The van der Waals surface area contributed by atoms with Crippen molar-refractivity contribution in [2.24, 2.45) is 0 Å². The lowest BCUT2D eigenvalue weighted by molar-refractivity contribution is -0.0499. The largest absolute Gasteiger partial charge is 0.435 e. The van der Waals surface area contributed by atoms with E-state index < -0.39 is 33.1 Å². The number of halogens is 4. The molecule has 2 unspecified atom stereocenters. The van der Waals surface area contributed by atoms with Gasteiger partial charge in [-0.1, -0.05) is 28.1 Å². The zero-order valence-electron chi connectivity index (χ0n) is 14.9. The molecule has 0 N–H and O–H groups in total. The highest BCUT2D eigenvalue weighted by Crippen LogP contribution is 2.43. The van der Waals surface area contributed by atoms with E-state index in [0.717, 1.165) is 6.07 Å². The van der Waals surface area contributed by atoms with Gasteiger partial charge in [0, 0.05) is 16.6 Å². The lowest BCUT2D eigenvalue weighted by atomic mass is 9.92. The van der Waals surface area contributed by atoms with Crippen LogP contribution in [0.25, 0.3) is 0 Å². The van der Waals surface area contributed by atoms with Crippen molar-refractivity contribution in [3.8, 4) is 5.75 Å². The van der Waals surface area contributed by atoms with E-state index in [0.29, 0.717) is 4.47 Å². The molecule has 9 heteroatoms. The topological polar surface area (TPSA) is 52.6 Å². The first-order valence-corrected chi connectivity index (χ1v) is 10.8. The van der Waals surface area contributed by atoms with Gasteiger partial charge in [-0.25, -0.2) is 12.8 Å². The Labute approximate surface area is 169 Å². The quantitative estimate of drug-likeness (QED) is 0.586. The lowest BCUT2D eigenvalue weighted by Gasteiger charge is -2.38. The maximum Gasteiger partial charge on any atom is 0.387 e. The third kappa shape index (κ3) is 4.21. The molecule has 0 aliphatic carbocycles. The van der Waals surface area contributed by atoms with Crippen LogP contribution in [0.15, 0.2) is 51.8 Å². The Morgan fingerprint density at radius 3 is 2.68 bits per heavy atom. The predicted molar refractivity (Wildman–Crippen MR) is 101 cm³/mol. The summed E-state index contributed by atoms with van der Waals surface area (Å²) in [4.78, 5) is -0.120. The fourth-order valence-electron chi connectivity index (χ4n) is 3.28. The molecule has 2 aromatic rings. The fraction of sp³-hybridized carbons (Fsp3) is 0.368. The second-order valence-corrected chi connectivity index (χ2v) is 10.2. The van der Waals surface area contributed by atoms with Crippen molar-refractivity contribution >= 4 is 25.8 Å². The maximum atomic E-state index is 14.3. The molecule has 4 nitrogen and oxygen atoms in total. The van der Waals surface area contributed by atoms with Crippen molar-refractivity contribution in [3.05, 3.63) is 58.3 Å². The van der Waals surface area contributed by atoms with Crippen LogP contribution in [-0.2, 0) is 14.6 Å². The van der Waals surface area contributed by atoms with Gasteiger partial charge in [-0.15, -0.1) is 0 Å². The summed E-state index contributed by atoms with van der Waals surface area (Å²) < 4.78 is 75.0. The first-order valence-electron chi connectivity index (χ1n) is 8.48. The molecule has 2 atom stereocenters. The summed E-state index contributed by atoms with van der Waals surface area (Å²) in [6.07, 6.45) is -0.500. The minimum Gasteiger partial charge on any atom is -0.435 e. The molecule has 0 spiro atoms. The van der Waals surface area contributed by atoms with E-state index in [9.17, 15) is 21.6 Å². The first-order chi connectivity index (χ1) is 13.1. The van der Waals surface area contributed by atoms with E-state index in [4.69, 9.17) is 4.74 Å². The van der Waals surface area contributed by atoms with Gasteiger partial charge in [0.1, 0.15) is 11.6 Å². The summed E-state index contributed by atoms with van der Waals surface area (Å²) in [5, 5.41) is 0. The van der Waals surface area contributed by atoms with Crippen LogP contribution in [0.4, 0.5) is 13.2 Å². The van der Waals surface area contributed by atoms with Gasteiger partial charge in [-0.05, 0) is 50.1 Å². The summed E-state index contributed by atoms with van der Waals surface area (Å²) in [5.74, 6) is -0.726. The van der Waals surface area contributed by atoms with Crippen LogP contribution in [0.1, 0.15) is 31.4 Å². The Hall–Kier alpha value is -1.58. The molecule has 0 aromatic heterocycles. The maximum absolute atomic E-state index is 14.3. The third-order valence-corrected chi connectivity index (χ3v) is 7.90. The van der Waals surface area contributed by atoms with Gasteiger partial charge in [-0.2, -0.15) is 8.78 Å². The summed E-state index contributed by atoms with van der Waals surface area (Å²) in [6, 6.07) is 9.54. The van der Waals surface area contributed by atoms with Crippen LogP contribution in [0, 0.1) is 5.82 Å². The molecule has 2 aromatic carbocycles. The summed E-state index contributed by atoms with van der Waals surface area (Å²) >= 11 is 3.19. The molecule has 0 radical (unpaired) electrons. The SMILES string of the molecule is CC1(S(=O)(=O)c2cccc(OC(F)F)c2)CCOC(c2ccc(Br)cc2F)C1. The molecule has 1 aliphatic rings. The average Bonchev–Trinajstić information content (AvgIpc) is 2.61. The fourth-order valence-corrected chi connectivity index (χ4v) is 5.43. The van der Waals surface area contributed by atoms with Crippen molar-refractivity contribution in [2.75, 3.05) is 6.61 Å². The highest BCUT2D eigenvalue weighted by atomic mass is 79.9. The van der Waals surface area contributed by atoms with Crippen molar-refractivity contribution in [1.29, 1.82) is 0 Å². The molecular weight excluding hydrogens is 461 g/mol. The number of rotatable bonds is 5. The van der Waals surface area contributed by atoms with Crippen LogP contribution in [0.2, 0.25) is 0 Å². The number of hydrogen-bond acceptors (Lipinski definition) is 4. The Balaban J connectivity index is 1.92. The molecule has 152 valence electrons. The third-order valence-electron chi connectivity index (χ3n) is 4.87. The van der Waals surface area contributed by atoms with E-state index in [-0.39, 0.29) is 35.7 Å². The molecule has 1 heterocycles. The number of sulfone groups is 1. The van der Waals surface area contributed by atoms with Crippen molar-refractivity contribution in [1.82, 2.24) is 0 Å². The number of ether oxygens (including phenoxy) is 2. The van der Waals surface area contributed by atoms with Crippen LogP contribution in [-0.4, -0.2) is 26.4 Å². The molecule has 3 rings (SSSR count). The Bertz CT molecular complexity index is 967. The Morgan fingerprint density at radius 2 is 2.00 bits per heavy atom. The van der Waals surface area contributed by atoms with Crippen molar-refractivity contribution in [2.45, 2.75) is 42.1 Å². The molecule has 0 saturated carbocycles. The molecule has 0 amide bonds. The smallest absolute Gasteiger partial charge is 0.387 e. The van der Waals surface area contributed by atoms with Gasteiger partial charge in [0.15, 0.2) is 9.84 Å².